The summed E-state index contributed by atoms with van der Waals surface area (Å²) in [4.78, 5) is 45.8. The Morgan fingerprint density at radius 2 is 1.75 bits per heavy atom. The number of rotatable bonds is 9. The number of hydrogen-bond acceptors (Lipinski definition) is 5. The number of pyridine rings is 1. The van der Waals surface area contributed by atoms with Crippen LogP contribution in [0.1, 0.15) is 41.7 Å². The van der Waals surface area contributed by atoms with Gasteiger partial charge in [0, 0.05) is 29.1 Å². The van der Waals surface area contributed by atoms with Crippen molar-refractivity contribution in [1.82, 2.24) is 14.8 Å². The first-order valence-corrected chi connectivity index (χ1v) is 12.8. The van der Waals surface area contributed by atoms with Crippen molar-refractivity contribution >= 4 is 22.5 Å². The van der Waals surface area contributed by atoms with Crippen LogP contribution in [0.25, 0.3) is 10.8 Å². The van der Waals surface area contributed by atoms with Gasteiger partial charge in [-0.2, -0.15) is 0 Å². The Balaban J connectivity index is 1.19. The van der Waals surface area contributed by atoms with E-state index in [2.05, 4.69) is 9.88 Å². The minimum atomic E-state index is -0.120. The zero-order valence-electron chi connectivity index (χ0n) is 20.7. The van der Waals surface area contributed by atoms with E-state index in [0.29, 0.717) is 30.0 Å². The van der Waals surface area contributed by atoms with E-state index in [0.717, 1.165) is 62.1 Å². The predicted molar refractivity (Wildman–Crippen MR) is 139 cm³/mol. The van der Waals surface area contributed by atoms with Crippen LogP contribution < -0.4 is 10.3 Å². The number of piperidine rings is 1. The summed E-state index contributed by atoms with van der Waals surface area (Å²) in [5.41, 5.74) is 1.35. The molecule has 0 spiro atoms. The van der Waals surface area contributed by atoms with Gasteiger partial charge in [0.15, 0.2) is 5.78 Å². The molecule has 7 nitrogen and oxygen atoms in total. The van der Waals surface area contributed by atoms with Gasteiger partial charge < -0.3 is 14.6 Å². The van der Waals surface area contributed by atoms with Crippen LogP contribution in [0, 0.1) is 11.8 Å². The molecule has 0 atom stereocenters. The summed E-state index contributed by atoms with van der Waals surface area (Å²) in [6.07, 6.45) is 3.80. The highest BCUT2D eigenvalue weighted by molar-refractivity contribution is 5.98. The van der Waals surface area contributed by atoms with Crippen molar-refractivity contribution in [3.8, 4) is 5.75 Å². The quantitative estimate of drug-likeness (QED) is 0.464. The maximum Gasteiger partial charge on any atom is 0.256 e. The number of Topliss-reactive ketones (excluding diaryl/α,β-unsaturated/α-hetero) is 1. The Labute approximate surface area is 211 Å². The first-order valence-electron chi connectivity index (χ1n) is 12.8. The van der Waals surface area contributed by atoms with E-state index in [1.807, 2.05) is 59.5 Å². The monoisotopic (exact) mass is 487 g/mol. The second-order valence-corrected chi connectivity index (χ2v) is 10.1. The van der Waals surface area contributed by atoms with Crippen LogP contribution in [-0.2, 0) is 11.3 Å². The van der Waals surface area contributed by atoms with E-state index in [1.54, 1.807) is 7.11 Å². The molecule has 188 valence electrons. The average molecular weight is 488 g/mol. The molecule has 5 rings (SSSR count). The van der Waals surface area contributed by atoms with Crippen molar-refractivity contribution in [1.29, 1.82) is 0 Å². The number of benzene rings is 2. The van der Waals surface area contributed by atoms with Crippen LogP contribution in [-0.4, -0.2) is 59.8 Å². The van der Waals surface area contributed by atoms with Gasteiger partial charge in [-0.05, 0) is 86.5 Å². The predicted octanol–water partition coefficient (Wildman–Crippen LogP) is 3.87. The number of methoxy groups -OCH3 is 1. The molecule has 2 fully saturated rings. The molecule has 1 saturated heterocycles. The van der Waals surface area contributed by atoms with Gasteiger partial charge in [0.1, 0.15) is 5.75 Å². The van der Waals surface area contributed by atoms with Gasteiger partial charge in [-0.1, -0.05) is 18.2 Å². The van der Waals surface area contributed by atoms with E-state index in [1.165, 1.54) is 0 Å². The van der Waals surface area contributed by atoms with E-state index < -0.39 is 0 Å². The molecule has 1 saturated carbocycles. The summed E-state index contributed by atoms with van der Waals surface area (Å²) >= 11 is 0. The molecule has 1 aliphatic heterocycles. The Morgan fingerprint density at radius 1 is 1.03 bits per heavy atom. The molecule has 7 heteroatoms. The standard InChI is InChI=1S/C29H33N3O4/c1-36-25-10-8-21(9-11-25)28(34)22-12-14-31(15-13-22)19-27(33)32(17-20-6-7-20)18-24-16-23-4-2-3-5-26(23)29(35)30-24/h2-5,8-11,16,20,22H,6-7,12-15,17-19H2,1H3,(H,30,35). The Morgan fingerprint density at radius 3 is 2.44 bits per heavy atom. The molecule has 2 aliphatic rings. The number of aromatic amines is 1. The fourth-order valence-electron chi connectivity index (χ4n) is 5.06. The molecule has 0 radical (unpaired) electrons. The smallest absolute Gasteiger partial charge is 0.256 e. The minimum absolute atomic E-state index is 0.0185. The molecule has 1 amide bonds. The van der Waals surface area contributed by atoms with Gasteiger partial charge in [-0.15, -0.1) is 0 Å². The first-order chi connectivity index (χ1) is 17.5. The van der Waals surface area contributed by atoms with Gasteiger partial charge >= 0.3 is 0 Å². The van der Waals surface area contributed by atoms with Crippen molar-refractivity contribution in [2.24, 2.45) is 11.8 Å². The van der Waals surface area contributed by atoms with E-state index >= 15 is 0 Å². The summed E-state index contributed by atoms with van der Waals surface area (Å²) in [5.74, 6) is 1.52. The molecule has 0 bridgehead atoms. The molecule has 3 aromatic rings. The molecule has 36 heavy (non-hydrogen) atoms. The molecule has 2 heterocycles. The number of nitrogens with one attached hydrogen (secondary N) is 1. The molecule has 1 N–H and O–H groups in total. The molecule has 1 aliphatic carbocycles. The number of ether oxygens (including phenoxy) is 1. The molecular formula is C29H33N3O4. The average Bonchev–Trinajstić information content (AvgIpc) is 3.72. The van der Waals surface area contributed by atoms with Crippen LogP contribution >= 0.6 is 0 Å². The van der Waals surface area contributed by atoms with Crippen molar-refractivity contribution < 1.29 is 14.3 Å². The highest BCUT2D eigenvalue weighted by Crippen LogP contribution is 2.30. The Bertz CT molecular complexity index is 1290. The SMILES string of the molecule is COc1ccc(C(=O)C2CCN(CC(=O)N(Cc3cc4ccccc4c(=O)[nH]3)CC3CC3)CC2)cc1. The van der Waals surface area contributed by atoms with Crippen LogP contribution in [0.4, 0.5) is 0 Å². The van der Waals surface area contributed by atoms with Crippen LogP contribution in [0.15, 0.2) is 59.4 Å². The second kappa shape index (κ2) is 10.7. The van der Waals surface area contributed by atoms with Crippen LogP contribution in [0.3, 0.4) is 0 Å². The van der Waals surface area contributed by atoms with Crippen molar-refractivity contribution in [2.45, 2.75) is 32.2 Å². The lowest BCUT2D eigenvalue weighted by atomic mass is 9.89. The summed E-state index contributed by atoms with van der Waals surface area (Å²) < 4.78 is 5.18. The third kappa shape index (κ3) is 5.68. The number of carbonyl (C=O) groups excluding carboxylic acids is 2. The number of nitrogens with zero attached hydrogens (tertiary/aromatic N) is 2. The maximum atomic E-state index is 13.3. The van der Waals surface area contributed by atoms with Gasteiger partial charge in [0.2, 0.25) is 5.91 Å². The third-order valence-corrected chi connectivity index (χ3v) is 7.39. The van der Waals surface area contributed by atoms with Crippen molar-refractivity contribution in [2.75, 3.05) is 33.3 Å². The summed E-state index contributed by atoms with van der Waals surface area (Å²) in [6.45, 7) is 2.92. The highest BCUT2D eigenvalue weighted by Gasteiger charge is 2.30. The Kier molecular flexibility index (Phi) is 7.18. The number of hydrogen-bond donors (Lipinski definition) is 1. The van der Waals surface area contributed by atoms with Crippen LogP contribution in [0.2, 0.25) is 0 Å². The van der Waals surface area contributed by atoms with Gasteiger partial charge in [0.25, 0.3) is 5.56 Å². The zero-order chi connectivity index (χ0) is 25.1. The lowest BCUT2D eigenvalue weighted by Crippen LogP contribution is -2.44. The number of aromatic nitrogens is 1. The number of H-pyrrole nitrogens is 1. The van der Waals surface area contributed by atoms with E-state index in [4.69, 9.17) is 4.74 Å². The lowest BCUT2D eigenvalue weighted by Gasteiger charge is -2.32. The Hall–Kier alpha value is -3.45. The third-order valence-electron chi connectivity index (χ3n) is 7.39. The summed E-state index contributed by atoms with van der Waals surface area (Å²) in [5, 5.41) is 1.55. The van der Waals surface area contributed by atoms with Crippen LogP contribution in [0.5, 0.6) is 5.75 Å². The van der Waals surface area contributed by atoms with E-state index in [-0.39, 0.29) is 23.2 Å². The molecule has 2 aromatic carbocycles. The van der Waals surface area contributed by atoms with Crippen molar-refractivity contribution in [3.05, 3.63) is 76.2 Å². The topological polar surface area (TPSA) is 82.7 Å². The van der Waals surface area contributed by atoms with Crippen molar-refractivity contribution in [3.63, 3.8) is 0 Å². The van der Waals surface area contributed by atoms with E-state index in [9.17, 15) is 14.4 Å². The number of amides is 1. The van der Waals surface area contributed by atoms with Gasteiger partial charge in [-0.3, -0.25) is 19.3 Å². The summed E-state index contributed by atoms with van der Waals surface area (Å²) in [6, 6.07) is 16.8. The van der Waals surface area contributed by atoms with Gasteiger partial charge in [-0.25, -0.2) is 0 Å². The fourth-order valence-corrected chi connectivity index (χ4v) is 5.06. The lowest BCUT2D eigenvalue weighted by molar-refractivity contribution is -0.133. The molecular weight excluding hydrogens is 454 g/mol. The number of ketones is 1. The summed E-state index contributed by atoms with van der Waals surface area (Å²) in [7, 11) is 1.61. The number of likely N-dealkylation sites (tertiary alicyclic amines) is 1. The number of carbonyl (C=O) groups is 2. The number of fused-ring (bicyclic) bond motifs is 1. The second-order valence-electron chi connectivity index (χ2n) is 10.1. The minimum Gasteiger partial charge on any atom is -0.497 e. The fraction of sp³-hybridized carbons (Fsp3) is 0.414. The highest BCUT2D eigenvalue weighted by atomic mass is 16.5. The largest absolute Gasteiger partial charge is 0.497 e. The zero-order valence-corrected chi connectivity index (χ0v) is 20.7. The normalized spacial score (nSPS) is 16.7. The molecule has 1 aromatic heterocycles. The maximum absolute atomic E-state index is 13.3. The first kappa shape index (κ1) is 24.3. The van der Waals surface area contributed by atoms with Gasteiger partial charge in [0.05, 0.1) is 20.2 Å². The molecule has 0 unspecified atom stereocenters.